The average molecular weight is 371 g/mol. The highest BCUT2D eigenvalue weighted by Crippen LogP contribution is 2.19. The number of nitrogens with zero attached hydrogens (tertiary/aromatic N) is 3. The largest absolute Gasteiger partial charge is 0.373 e. The molecule has 3 atom stereocenters. The summed E-state index contributed by atoms with van der Waals surface area (Å²) < 4.78 is 33.9. The summed E-state index contributed by atoms with van der Waals surface area (Å²) in [7, 11) is -3.50. The van der Waals surface area contributed by atoms with Crippen molar-refractivity contribution in [3.63, 3.8) is 0 Å². The number of piperazine rings is 1. The number of hydrogen-bond acceptors (Lipinski definition) is 5. The van der Waals surface area contributed by atoms with Crippen LogP contribution in [0, 0.1) is 0 Å². The predicted molar refractivity (Wildman–Crippen MR) is 89.6 cm³/mol. The Labute approximate surface area is 144 Å². The first-order valence-electron chi connectivity index (χ1n) is 7.67. The summed E-state index contributed by atoms with van der Waals surface area (Å²) in [5, 5.41) is 0. The molecule has 0 aliphatic carbocycles. The van der Waals surface area contributed by atoms with E-state index in [9.17, 15) is 13.2 Å². The monoisotopic (exact) mass is 370 g/mol. The van der Waals surface area contributed by atoms with Crippen molar-refractivity contribution in [3.05, 3.63) is 0 Å². The summed E-state index contributed by atoms with van der Waals surface area (Å²) in [6, 6.07) is -0.552. The van der Waals surface area contributed by atoms with E-state index < -0.39 is 16.3 Å². The van der Waals surface area contributed by atoms with Gasteiger partial charge in [0.1, 0.15) is 0 Å². The van der Waals surface area contributed by atoms with Gasteiger partial charge in [-0.15, -0.1) is 12.4 Å². The molecule has 0 saturated carbocycles. The van der Waals surface area contributed by atoms with Crippen LogP contribution in [0.3, 0.4) is 0 Å². The van der Waals surface area contributed by atoms with E-state index in [2.05, 4.69) is 0 Å². The summed E-state index contributed by atoms with van der Waals surface area (Å²) in [4.78, 5) is 13.5. The van der Waals surface area contributed by atoms with Gasteiger partial charge in [0.15, 0.2) is 0 Å². The van der Waals surface area contributed by atoms with Crippen molar-refractivity contribution in [1.29, 1.82) is 0 Å². The maximum absolute atomic E-state index is 12.7. The minimum Gasteiger partial charge on any atom is -0.373 e. The summed E-state index contributed by atoms with van der Waals surface area (Å²) in [5.41, 5.74) is 5.59. The molecule has 136 valence electrons. The Balaban J connectivity index is 0.00000264. The Kier molecular flexibility index (Phi) is 7.24. The summed E-state index contributed by atoms with van der Waals surface area (Å²) in [6.07, 6.45) is -0.223. The van der Waals surface area contributed by atoms with Gasteiger partial charge in [0.2, 0.25) is 5.91 Å². The van der Waals surface area contributed by atoms with Crippen molar-refractivity contribution < 1.29 is 17.9 Å². The van der Waals surface area contributed by atoms with E-state index in [1.807, 2.05) is 13.8 Å². The van der Waals surface area contributed by atoms with Crippen LogP contribution in [0.4, 0.5) is 0 Å². The first-order chi connectivity index (χ1) is 10.2. The number of amides is 1. The maximum Gasteiger partial charge on any atom is 0.282 e. The molecular formula is C13H27ClN4O4S. The van der Waals surface area contributed by atoms with Gasteiger partial charge in [-0.25, -0.2) is 0 Å². The van der Waals surface area contributed by atoms with Gasteiger partial charge in [-0.05, 0) is 20.8 Å². The number of halogens is 1. The van der Waals surface area contributed by atoms with Crippen LogP contribution in [0.25, 0.3) is 0 Å². The molecule has 2 heterocycles. The van der Waals surface area contributed by atoms with E-state index in [0.29, 0.717) is 39.3 Å². The molecule has 2 aliphatic rings. The number of ether oxygens (including phenoxy) is 1. The number of morpholine rings is 1. The molecule has 8 nitrogen and oxygen atoms in total. The van der Waals surface area contributed by atoms with E-state index in [1.54, 1.807) is 11.8 Å². The van der Waals surface area contributed by atoms with Crippen molar-refractivity contribution >= 4 is 28.5 Å². The second-order valence-corrected chi connectivity index (χ2v) is 8.02. The molecule has 0 radical (unpaired) electrons. The average Bonchev–Trinajstić information content (AvgIpc) is 2.45. The first kappa shape index (κ1) is 20.6. The summed E-state index contributed by atoms with van der Waals surface area (Å²) >= 11 is 0. The lowest BCUT2D eigenvalue weighted by atomic mass is 10.2. The lowest BCUT2D eigenvalue weighted by Crippen LogP contribution is -2.58. The number of nitrogens with two attached hydrogens (primary N) is 1. The molecule has 0 bridgehead atoms. The molecule has 10 heteroatoms. The van der Waals surface area contributed by atoms with E-state index >= 15 is 0 Å². The van der Waals surface area contributed by atoms with Crippen molar-refractivity contribution in [1.82, 2.24) is 13.5 Å². The Hall–Kier alpha value is -0.450. The molecule has 23 heavy (non-hydrogen) atoms. The molecule has 0 aromatic carbocycles. The fourth-order valence-electron chi connectivity index (χ4n) is 2.91. The third kappa shape index (κ3) is 4.77. The topological polar surface area (TPSA) is 96.2 Å². The smallest absolute Gasteiger partial charge is 0.282 e. The number of rotatable bonds is 3. The number of carbonyl (C=O) groups is 1. The van der Waals surface area contributed by atoms with Crippen LogP contribution in [-0.2, 0) is 19.7 Å². The summed E-state index contributed by atoms with van der Waals surface area (Å²) in [6.45, 7) is 7.50. The van der Waals surface area contributed by atoms with E-state index in [1.165, 1.54) is 8.61 Å². The fourth-order valence-corrected chi connectivity index (χ4v) is 4.66. The Morgan fingerprint density at radius 3 is 2.00 bits per heavy atom. The third-order valence-corrected chi connectivity index (χ3v) is 5.95. The van der Waals surface area contributed by atoms with Crippen LogP contribution in [0.2, 0.25) is 0 Å². The lowest BCUT2D eigenvalue weighted by molar-refractivity contribution is -0.133. The van der Waals surface area contributed by atoms with Gasteiger partial charge in [0, 0.05) is 39.3 Å². The van der Waals surface area contributed by atoms with Crippen molar-refractivity contribution in [2.24, 2.45) is 5.73 Å². The quantitative estimate of drug-likeness (QED) is 0.705. The minimum atomic E-state index is -3.50. The van der Waals surface area contributed by atoms with E-state index in [-0.39, 0.29) is 30.5 Å². The molecule has 2 aliphatic heterocycles. The van der Waals surface area contributed by atoms with Gasteiger partial charge in [0.05, 0.1) is 18.2 Å². The van der Waals surface area contributed by atoms with Crippen LogP contribution in [-0.4, -0.2) is 85.4 Å². The van der Waals surface area contributed by atoms with Gasteiger partial charge in [0.25, 0.3) is 10.2 Å². The Morgan fingerprint density at radius 2 is 1.57 bits per heavy atom. The van der Waals surface area contributed by atoms with Crippen molar-refractivity contribution in [2.45, 2.75) is 39.0 Å². The Morgan fingerprint density at radius 1 is 1.09 bits per heavy atom. The zero-order valence-electron chi connectivity index (χ0n) is 13.8. The van der Waals surface area contributed by atoms with Crippen LogP contribution >= 0.6 is 12.4 Å². The molecule has 0 aromatic heterocycles. The molecule has 0 aromatic rings. The lowest BCUT2D eigenvalue weighted by Gasteiger charge is -2.40. The highest BCUT2D eigenvalue weighted by atomic mass is 35.5. The second-order valence-electron chi connectivity index (χ2n) is 6.10. The molecule has 2 saturated heterocycles. The molecule has 0 spiro atoms. The normalized spacial score (nSPS) is 29.0. The van der Waals surface area contributed by atoms with Crippen LogP contribution in [0.5, 0.6) is 0 Å². The standard InChI is InChI=1S/C13H26N4O4S.ClH/c1-10-8-17(9-11(2)21-10)22(19,20)16-6-4-15(5-7-16)13(18)12(3)14;/h10-12H,4-9,14H2,1-3H3;1H. The van der Waals surface area contributed by atoms with Gasteiger partial charge in [-0.2, -0.15) is 17.0 Å². The highest BCUT2D eigenvalue weighted by molar-refractivity contribution is 7.86. The van der Waals surface area contributed by atoms with E-state index in [4.69, 9.17) is 10.5 Å². The SMILES string of the molecule is CC1CN(S(=O)(=O)N2CCN(C(=O)C(C)N)CC2)CC(C)O1.Cl. The minimum absolute atomic E-state index is 0. The third-order valence-electron chi connectivity index (χ3n) is 3.98. The molecule has 3 unspecified atom stereocenters. The molecule has 2 N–H and O–H groups in total. The molecular weight excluding hydrogens is 344 g/mol. The van der Waals surface area contributed by atoms with E-state index in [0.717, 1.165) is 0 Å². The van der Waals surface area contributed by atoms with Gasteiger partial charge in [-0.1, -0.05) is 0 Å². The van der Waals surface area contributed by atoms with Crippen LogP contribution in [0.1, 0.15) is 20.8 Å². The fraction of sp³-hybridized carbons (Fsp3) is 0.923. The van der Waals surface area contributed by atoms with Crippen LogP contribution in [0.15, 0.2) is 0 Å². The number of carbonyl (C=O) groups excluding carboxylic acids is 1. The molecule has 1 amide bonds. The zero-order chi connectivity index (χ0) is 16.5. The number of hydrogen-bond donors (Lipinski definition) is 1. The van der Waals surface area contributed by atoms with Crippen molar-refractivity contribution in [3.8, 4) is 0 Å². The van der Waals surface area contributed by atoms with Gasteiger partial charge in [-0.3, -0.25) is 4.79 Å². The zero-order valence-corrected chi connectivity index (χ0v) is 15.5. The van der Waals surface area contributed by atoms with Crippen LogP contribution < -0.4 is 5.73 Å². The highest BCUT2D eigenvalue weighted by Gasteiger charge is 2.37. The van der Waals surface area contributed by atoms with Gasteiger partial charge >= 0.3 is 0 Å². The molecule has 2 rings (SSSR count). The molecule has 2 fully saturated rings. The summed E-state index contributed by atoms with van der Waals surface area (Å²) in [5.74, 6) is -0.134. The maximum atomic E-state index is 12.7. The predicted octanol–water partition coefficient (Wildman–Crippen LogP) is -0.746. The first-order valence-corrected chi connectivity index (χ1v) is 9.06. The second kappa shape index (κ2) is 8.09. The van der Waals surface area contributed by atoms with Gasteiger partial charge < -0.3 is 15.4 Å². The Bertz CT molecular complexity index is 498. The van der Waals surface area contributed by atoms with Crippen molar-refractivity contribution in [2.75, 3.05) is 39.3 Å².